The second kappa shape index (κ2) is 11.6. The molecule has 32 heavy (non-hydrogen) atoms. The van der Waals surface area contributed by atoms with Crippen molar-refractivity contribution in [1.82, 2.24) is 20.2 Å². The normalized spacial score (nSPS) is 10.8. The Kier molecular flexibility index (Phi) is 8.90. The molecule has 1 heterocycles. The van der Waals surface area contributed by atoms with Crippen molar-refractivity contribution in [3.05, 3.63) is 58.6 Å². The van der Waals surface area contributed by atoms with Crippen molar-refractivity contribution in [2.24, 2.45) is 0 Å². The smallest absolute Gasteiger partial charge is 0.413 e. The van der Waals surface area contributed by atoms with E-state index in [0.717, 1.165) is 10.1 Å². The van der Waals surface area contributed by atoms with Crippen LogP contribution >= 0.6 is 0 Å². The lowest BCUT2D eigenvalue weighted by Crippen LogP contribution is -2.39. The number of hydrogen-bond acceptors (Lipinski definition) is 8. The largest absolute Gasteiger partial charge is 0.444 e. The van der Waals surface area contributed by atoms with Crippen LogP contribution in [0.25, 0.3) is 0 Å². The van der Waals surface area contributed by atoms with Crippen LogP contribution in [0.15, 0.2) is 47.4 Å². The summed E-state index contributed by atoms with van der Waals surface area (Å²) in [6.45, 7) is 5.71. The lowest BCUT2D eigenvalue weighted by Gasteiger charge is -2.19. The van der Waals surface area contributed by atoms with Gasteiger partial charge in [0.25, 0.3) is 0 Å². The number of carbonyl (C=O) groups excluding carboxylic acids is 3. The molecule has 0 aliphatic heterocycles. The Labute approximate surface area is 185 Å². The molecule has 1 aromatic carbocycles. The van der Waals surface area contributed by atoms with E-state index in [4.69, 9.17) is 9.47 Å². The fraction of sp³-hybridized carbons (Fsp3) is 0.381. The third-order valence-corrected chi connectivity index (χ3v) is 3.76. The molecule has 3 N–H and O–H groups in total. The van der Waals surface area contributed by atoms with Gasteiger partial charge in [-0.3, -0.25) is 10.1 Å². The number of rotatable bonds is 8. The van der Waals surface area contributed by atoms with Gasteiger partial charge in [-0.15, -0.1) is 0 Å². The van der Waals surface area contributed by atoms with E-state index in [1.54, 1.807) is 32.9 Å². The highest BCUT2D eigenvalue weighted by Gasteiger charge is 2.15. The number of ether oxygens (including phenoxy) is 2. The molecule has 1 aromatic heterocycles. The van der Waals surface area contributed by atoms with Crippen LogP contribution in [0.3, 0.4) is 0 Å². The predicted octanol–water partition coefficient (Wildman–Crippen LogP) is 1.75. The first-order chi connectivity index (χ1) is 15.1. The second-order valence-corrected chi connectivity index (χ2v) is 7.65. The Balaban J connectivity index is 1.74. The van der Waals surface area contributed by atoms with E-state index in [0.29, 0.717) is 6.54 Å². The number of nitrogens with zero attached hydrogens (tertiary/aromatic N) is 2. The first-order valence-electron chi connectivity index (χ1n) is 9.92. The van der Waals surface area contributed by atoms with Gasteiger partial charge in [0.05, 0.1) is 6.54 Å². The van der Waals surface area contributed by atoms with Crippen LogP contribution in [0.5, 0.6) is 0 Å². The van der Waals surface area contributed by atoms with Gasteiger partial charge in [-0.05, 0) is 32.4 Å². The summed E-state index contributed by atoms with van der Waals surface area (Å²) in [5.74, 6) is -0.579. The molecule has 0 radical (unpaired) electrons. The van der Waals surface area contributed by atoms with Crippen molar-refractivity contribution >= 4 is 23.9 Å². The third-order valence-electron chi connectivity index (χ3n) is 3.76. The summed E-state index contributed by atoms with van der Waals surface area (Å²) in [4.78, 5) is 51.3. The number of alkyl carbamates (subject to hydrolysis) is 1. The molecule has 11 heteroatoms. The minimum atomic E-state index is -0.843. The molecule has 2 rings (SSSR count). The number of anilines is 1. The van der Waals surface area contributed by atoms with E-state index >= 15 is 0 Å². The zero-order valence-corrected chi connectivity index (χ0v) is 18.2. The molecule has 2 amide bonds. The maximum atomic E-state index is 12.2. The number of nitrogens with one attached hydrogen (secondary N) is 3. The van der Waals surface area contributed by atoms with E-state index in [-0.39, 0.29) is 25.5 Å². The van der Waals surface area contributed by atoms with Gasteiger partial charge in [-0.25, -0.2) is 19.0 Å². The number of aromatic nitrogens is 2. The van der Waals surface area contributed by atoms with E-state index < -0.39 is 29.4 Å². The van der Waals surface area contributed by atoms with Crippen molar-refractivity contribution in [3.8, 4) is 0 Å². The van der Waals surface area contributed by atoms with Gasteiger partial charge in [0.2, 0.25) is 5.91 Å². The molecule has 11 nitrogen and oxygen atoms in total. The first kappa shape index (κ1) is 24.5. The molecule has 0 saturated carbocycles. The van der Waals surface area contributed by atoms with Crippen molar-refractivity contribution in [2.75, 3.05) is 25.0 Å². The molecule has 0 fully saturated rings. The fourth-order valence-corrected chi connectivity index (χ4v) is 2.37. The highest BCUT2D eigenvalue weighted by atomic mass is 16.6. The molecule has 0 bridgehead atoms. The summed E-state index contributed by atoms with van der Waals surface area (Å²) in [6, 6.07) is 10.4. The SMILES string of the molecule is CC(C)(C)OC(=O)NCCNCC(=O)n1ccc(NC(=O)OCc2ccccc2)nc1=O. The molecule has 0 aliphatic carbocycles. The lowest BCUT2D eigenvalue weighted by molar-refractivity contribution is 0.0528. The number of benzene rings is 1. The van der Waals surface area contributed by atoms with Crippen LogP contribution in [-0.2, 0) is 16.1 Å². The Bertz CT molecular complexity index is 984. The highest BCUT2D eigenvalue weighted by Crippen LogP contribution is 2.06. The van der Waals surface area contributed by atoms with E-state index in [1.807, 2.05) is 18.2 Å². The Morgan fingerprint density at radius 1 is 1.03 bits per heavy atom. The van der Waals surface area contributed by atoms with E-state index in [1.165, 1.54) is 12.3 Å². The van der Waals surface area contributed by atoms with Gasteiger partial charge < -0.3 is 20.1 Å². The van der Waals surface area contributed by atoms with Crippen LogP contribution in [0.4, 0.5) is 15.4 Å². The molecule has 0 atom stereocenters. The average molecular weight is 445 g/mol. The standard InChI is InChI=1S/C21H27N5O6/c1-21(2,3)32-19(29)23-11-10-22-13-17(27)26-12-9-16(24-18(26)28)25-20(30)31-14-15-7-5-4-6-8-15/h4-9,12,22H,10-11,13-14H2,1-3H3,(H,23,29)(H,24,25,28,30). The summed E-state index contributed by atoms with van der Waals surface area (Å²) in [5, 5.41) is 7.69. The van der Waals surface area contributed by atoms with Crippen LogP contribution in [0.2, 0.25) is 0 Å². The summed E-state index contributed by atoms with van der Waals surface area (Å²) in [6.07, 6.45) is -0.120. The van der Waals surface area contributed by atoms with Crippen LogP contribution in [-0.4, -0.2) is 52.9 Å². The van der Waals surface area contributed by atoms with Crippen LogP contribution < -0.4 is 21.6 Å². The minimum absolute atomic E-state index is 0.0355. The third kappa shape index (κ3) is 8.96. The van der Waals surface area contributed by atoms with Gasteiger partial charge in [0.15, 0.2) is 0 Å². The maximum absolute atomic E-state index is 12.2. The van der Waals surface area contributed by atoms with Gasteiger partial charge in [-0.1, -0.05) is 30.3 Å². The second-order valence-electron chi connectivity index (χ2n) is 7.65. The summed E-state index contributed by atoms with van der Waals surface area (Å²) < 4.78 is 11.0. The molecule has 2 aromatic rings. The summed E-state index contributed by atoms with van der Waals surface area (Å²) in [5.41, 5.74) is -0.628. The maximum Gasteiger partial charge on any atom is 0.413 e. The van der Waals surface area contributed by atoms with Gasteiger partial charge in [0.1, 0.15) is 18.0 Å². The highest BCUT2D eigenvalue weighted by molar-refractivity contribution is 5.84. The number of carbonyl (C=O) groups is 3. The molecular weight excluding hydrogens is 418 g/mol. The average Bonchev–Trinajstić information content (AvgIpc) is 2.71. The number of hydrogen-bond donors (Lipinski definition) is 3. The predicted molar refractivity (Wildman–Crippen MR) is 116 cm³/mol. The van der Waals surface area contributed by atoms with Gasteiger partial charge >= 0.3 is 17.9 Å². The van der Waals surface area contributed by atoms with E-state index in [2.05, 4.69) is 20.9 Å². The Morgan fingerprint density at radius 3 is 2.41 bits per heavy atom. The van der Waals surface area contributed by atoms with Crippen molar-refractivity contribution in [3.63, 3.8) is 0 Å². The zero-order valence-electron chi connectivity index (χ0n) is 18.2. The minimum Gasteiger partial charge on any atom is -0.444 e. The molecule has 0 unspecified atom stereocenters. The van der Waals surface area contributed by atoms with Crippen LogP contribution in [0.1, 0.15) is 31.1 Å². The quantitative estimate of drug-likeness (QED) is 0.522. The molecule has 0 spiro atoms. The van der Waals surface area contributed by atoms with Crippen molar-refractivity contribution < 1.29 is 23.9 Å². The summed E-state index contributed by atoms with van der Waals surface area (Å²) >= 11 is 0. The van der Waals surface area contributed by atoms with Crippen LogP contribution in [0, 0.1) is 0 Å². The lowest BCUT2D eigenvalue weighted by atomic mass is 10.2. The molecule has 0 saturated heterocycles. The fourth-order valence-electron chi connectivity index (χ4n) is 2.37. The molecular formula is C21H27N5O6. The number of amides is 2. The van der Waals surface area contributed by atoms with Gasteiger partial charge in [-0.2, -0.15) is 4.98 Å². The Morgan fingerprint density at radius 2 is 1.75 bits per heavy atom. The Hall–Kier alpha value is -3.73. The first-order valence-corrected chi connectivity index (χ1v) is 9.92. The zero-order chi connectivity index (χ0) is 23.6. The van der Waals surface area contributed by atoms with Crippen molar-refractivity contribution in [2.45, 2.75) is 33.0 Å². The summed E-state index contributed by atoms with van der Waals surface area (Å²) in [7, 11) is 0. The van der Waals surface area contributed by atoms with E-state index in [9.17, 15) is 19.2 Å². The van der Waals surface area contributed by atoms with Crippen molar-refractivity contribution in [1.29, 1.82) is 0 Å². The monoisotopic (exact) mass is 445 g/mol. The molecule has 172 valence electrons. The molecule has 0 aliphatic rings. The topological polar surface area (TPSA) is 141 Å². The van der Waals surface area contributed by atoms with Gasteiger partial charge in [0, 0.05) is 19.3 Å².